The Bertz CT molecular complexity index is 1590. The Morgan fingerprint density at radius 3 is 2.75 bits per heavy atom. The van der Waals surface area contributed by atoms with Crippen molar-refractivity contribution in [3.05, 3.63) is 106 Å². The average Bonchev–Trinajstić information content (AvgIpc) is 3.50. The van der Waals surface area contributed by atoms with Crippen LogP contribution in [0.5, 0.6) is 0 Å². The second kappa shape index (κ2) is 11.9. The molecule has 5 rings (SSSR count). The topological polar surface area (TPSA) is 119 Å². The molecule has 0 unspecified atom stereocenters. The van der Waals surface area contributed by atoms with Crippen LogP contribution in [0.25, 0.3) is 11.8 Å². The van der Waals surface area contributed by atoms with E-state index in [1.165, 1.54) is 24.2 Å². The molecule has 10 nitrogen and oxygen atoms in total. The van der Waals surface area contributed by atoms with Crippen LogP contribution in [0.4, 0.5) is 10.5 Å². The summed E-state index contributed by atoms with van der Waals surface area (Å²) < 4.78 is 6.13. The van der Waals surface area contributed by atoms with Gasteiger partial charge in [0.2, 0.25) is 5.91 Å². The SMILES string of the molecule is COC(=O)Nc1cccc(CC(=O)[C@@H]2c3ccccc3CCN2C(=O)/C=C/c2cc(Cl)ccc2-n2cnnn2)c1. The smallest absolute Gasteiger partial charge is 0.411 e. The number of tetrazole rings is 1. The summed E-state index contributed by atoms with van der Waals surface area (Å²) in [6, 6.07) is 19.1. The number of rotatable bonds is 7. The molecule has 0 saturated heterocycles. The highest BCUT2D eigenvalue weighted by Crippen LogP contribution is 2.32. The van der Waals surface area contributed by atoms with Gasteiger partial charge in [0.1, 0.15) is 12.4 Å². The fraction of sp³-hybridized carbons (Fsp3) is 0.172. The minimum atomic E-state index is -0.766. The number of Topliss-reactive ketones (excluding diaryl/α,β-unsaturated/α-hetero) is 1. The van der Waals surface area contributed by atoms with Crippen LogP contribution in [0.3, 0.4) is 0 Å². The number of hydrogen-bond donors (Lipinski definition) is 1. The number of aromatic nitrogens is 4. The zero-order chi connectivity index (χ0) is 28.1. The number of fused-ring (bicyclic) bond motifs is 1. The number of ether oxygens (including phenoxy) is 1. The second-order valence-electron chi connectivity index (χ2n) is 9.13. The maximum absolute atomic E-state index is 13.8. The molecule has 0 saturated carbocycles. The highest BCUT2D eigenvalue weighted by Gasteiger charge is 2.34. The van der Waals surface area contributed by atoms with Crippen LogP contribution < -0.4 is 5.32 Å². The van der Waals surface area contributed by atoms with Crippen molar-refractivity contribution in [3.8, 4) is 5.69 Å². The van der Waals surface area contributed by atoms with E-state index in [2.05, 4.69) is 25.6 Å². The Balaban J connectivity index is 1.42. The summed E-state index contributed by atoms with van der Waals surface area (Å²) in [5, 5.41) is 14.4. The van der Waals surface area contributed by atoms with Crippen LogP contribution in [0.1, 0.15) is 28.3 Å². The van der Waals surface area contributed by atoms with Gasteiger partial charge in [0, 0.05) is 35.3 Å². The third kappa shape index (κ3) is 5.92. The Hall–Kier alpha value is -4.83. The Kier molecular flexibility index (Phi) is 7.97. The molecular weight excluding hydrogens is 532 g/mol. The van der Waals surface area contributed by atoms with Crippen LogP contribution in [-0.2, 0) is 27.2 Å². The van der Waals surface area contributed by atoms with Gasteiger partial charge in [0.15, 0.2) is 5.78 Å². The van der Waals surface area contributed by atoms with E-state index in [1.54, 1.807) is 53.4 Å². The standard InChI is InChI=1S/C29H25ClN6O4/c1-40-29(39)32-23-7-4-5-19(15-23)16-26(37)28-24-8-3-2-6-20(24)13-14-35(28)27(38)12-9-21-17-22(30)10-11-25(21)36-18-31-33-34-36/h2-12,15,17-18,28H,13-14,16H2,1H3,(H,32,39)/b12-9+/t28-/m0/s1. The van der Waals surface area contributed by atoms with Crippen molar-refractivity contribution >= 4 is 41.1 Å². The van der Waals surface area contributed by atoms with Crippen molar-refractivity contribution in [2.75, 3.05) is 19.0 Å². The molecule has 11 heteroatoms. The molecule has 2 amide bonds. The molecule has 1 aliphatic rings. The van der Waals surface area contributed by atoms with Gasteiger partial charge in [0.25, 0.3) is 0 Å². The van der Waals surface area contributed by atoms with Gasteiger partial charge >= 0.3 is 6.09 Å². The number of carbonyl (C=O) groups excluding carboxylic acids is 3. The van der Waals surface area contributed by atoms with E-state index in [0.29, 0.717) is 40.5 Å². The predicted molar refractivity (Wildman–Crippen MR) is 149 cm³/mol. The maximum Gasteiger partial charge on any atom is 0.411 e. The fourth-order valence-corrected chi connectivity index (χ4v) is 4.95. The minimum Gasteiger partial charge on any atom is -0.453 e. The summed E-state index contributed by atoms with van der Waals surface area (Å²) in [7, 11) is 1.28. The first-order chi connectivity index (χ1) is 19.4. The van der Waals surface area contributed by atoms with Gasteiger partial charge in [-0.05, 0) is 69.9 Å². The summed E-state index contributed by atoms with van der Waals surface area (Å²) in [4.78, 5) is 40.6. The van der Waals surface area contributed by atoms with Gasteiger partial charge in [-0.2, -0.15) is 4.68 Å². The van der Waals surface area contributed by atoms with E-state index in [-0.39, 0.29) is 18.1 Å². The number of carbonyl (C=O) groups is 3. The Labute approximate surface area is 235 Å². The molecule has 0 radical (unpaired) electrons. The third-order valence-corrected chi connectivity index (χ3v) is 6.83. The zero-order valence-electron chi connectivity index (χ0n) is 21.5. The molecule has 1 atom stereocenters. The summed E-state index contributed by atoms with van der Waals surface area (Å²) in [6.45, 7) is 0.385. The quantitative estimate of drug-likeness (QED) is 0.334. The van der Waals surface area contributed by atoms with Crippen LogP contribution in [0, 0.1) is 0 Å². The van der Waals surface area contributed by atoms with Crippen molar-refractivity contribution in [1.82, 2.24) is 25.1 Å². The maximum atomic E-state index is 13.8. The first-order valence-corrected chi connectivity index (χ1v) is 12.9. The van der Waals surface area contributed by atoms with Crippen molar-refractivity contribution in [1.29, 1.82) is 0 Å². The van der Waals surface area contributed by atoms with Gasteiger partial charge in [-0.15, -0.1) is 5.10 Å². The highest BCUT2D eigenvalue weighted by atomic mass is 35.5. The number of methoxy groups -OCH3 is 1. The largest absolute Gasteiger partial charge is 0.453 e. The molecule has 1 aliphatic heterocycles. The van der Waals surface area contributed by atoms with E-state index < -0.39 is 12.1 Å². The van der Waals surface area contributed by atoms with Gasteiger partial charge in [-0.1, -0.05) is 48.0 Å². The molecule has 0 fully saturated rings. The number of ketones is 1. The van der Waals surface area contributed by atoms with E-state index in [1.807, 2.05) is 24.3 Å². The second-order valence-corrected chi connectivity index (χ2v) is 9.57. The van der Waals surface area contributed by atoms with E-state index in [4.69, 9.17) is 11.6 Å². The van der Waals surface area contributed by atoms with E-state index in [9.17, 15) is 14.4 Å². The van der Waals surface area contributed by atoms with Gasteiger partial charge < -0.3 is 9.64 Å². The Morgan fingerprint density at radius 1 is 1.10 bits per heavy atom. The van der Waals surface area contributed by atoms with Crippen LogP contribution in [-0.4, -0.2) is 56.5 Å². The molecule has 0 spiro atoms. The number of nitrogens with zero attached hydrogens (tertiary/aromatic N) is 5. The van der Waals surface area contributed by atoms with Crippen molar-refractivity contribution in [2.24, 2.45) is 0 Å². The van der Waals surface area contributed by atoms with Gasteiger partial charge in [-0.25, -0.2) is 4.79 Å². The van der Waals surface area contributed by atoms with Crippen LogP contribution in [0.2, 0.25) is 5.02 Å². The van der Waals surface area contributed by atoms with E-state index in [0.717, 1.165) is 11.1 Å². The predicted octanol–water partition coefficient (Wildman–Crippen LogP) is 4.45. The number of halogens is 1. The van der Waals surface area contributed by atoms with Crippen molar-refractivity contribution in [3.63, 3.8) is 0 Å². The third-order valence-electron chi connectivity index (χ3n) is 6.60. The lowest BCUT2D eigenvalue weighted by molar-refractivity contribution is -0.136. The number of benzene rings is 3. The normalized spacial score (nSPS) is 14.6. The lowest BCUT2D eigenvalue weighted by atomic mass is 9.88. The fourth-order valence-electron chi connectivity index (χ4n) is 4.77. The monoisotopic (exact) mass is 556 g/mol. The summed E-state index contributed by atoms with van der Waals surface area (Å²) >= 11 is 6.22. The molecule has 0 bridgehead atoms. The number of anilines is 1. The summed E-state index contributed by atoms with van der Waals surface area (Å²) in [5.41, 5.74) is 4.35. The number of hydrogen-bond acceptors (Lipinski definition) is 7. The molecule has 1 aromatic heterocycles. The minimum absolute atomic E-state index is 0.0704. The summed E-state index contributed by atoms with van der Waals surface area (Å²) in [5.74, 6) is -0.446. The van der Waals surface area contributed by atoms with Gasteiger partial charge in [0.05, 0.1) is 12.8 Å². The van der Waals surface area contributed by atoms with Gasteiger partial charge in [-0.3, -0.25) is 14.9 Å². The van der Waals surface area contributed by atoms with Crippen LogP contribution >= 0.6 is 11.6 Å². The average molecular weight is 557 g/mol. The first-order valence-electron chi connectivity index (χ1n) is 12.5. The van der Waals surface area contributed by atoms with Crippen molar-refractivity contribution < 1.29 is 19.1 Å². The van der Waals surface area contributed by atoms with Crippen LogP contribution in [0.15, 0.2) is 79.1 Å². The molecule has 4 aromatic rings. The highest BCUT2D eigenvalue weighted by molar-refractivity contribution is 6.30. The molecule has 3 aromatic carbocycles. The lowest BCUT2D eigenvalue weighted by Crippen LogP contribution is -2.43. The lowest BCUT2D eigenvalue weighted by Gasteiger charge is -2.36. The molecule has 0 aliphatic carbocycles. The van der Waals surface area contributed by atoms with E-state index >= 15 is 0 Å². The number of nitrogens with one attached hydrogen (secondary N) is 1. The molecule has 40 heavy (non-hydrogen) atoms. The molecule has 202 valence electrons. The summed E-state index contributed by atoms with van der Waals surface area (Å²) in [6.07, 6.45) is 4.64. The Morgan fingerprint density at radius 2 is 1.95 bits per heavy atom. The zero-order valence-corrected chi connectivity index (χ0v) is 22.3. The molecule has 2 heterocycles. The number of amides is 2. The molecule has 1 N–H and O–H groups in total. The molecular formula is C29H25ClN6O4. The van der Waals surface area contributed by atoms with Crippen molar-refractivity contribution in [2.45, 2.75) is 18.9 Å². The first kappa shape index (κ1) is 26.8.